The largest absolute Gasteiger partial charge is 0.478 e. The molecule has 2 aromatic carbocycles. The number of aromatic carboxylic acids is 1. The first-order valence-electron chi connectivity index (χ1n) is 8.11. The third kappa shape index (κ3) is 5.58. The van der Waals surface area contributed by atoms with Gasteiger partial charge in [0.25, 0.3) is 5.91 Å². The van der Waals surface area contributed by atoms with Crippen molar-refractivity contribution in [2.24, 2.45) is 0 Å². The Hall–Kier alpha value is -3.85. The van der Waals surface area contributed by atoms with Crippen LogP contribution in [-0.2, 0) is 4.79 Å². The van der Waals surface area contributed by atoms with Gasteiger partial charge in [-0.2, -0.15) is 5.26 Å². The van der Waals surface area contributed by atoms with Crippen molar-refractivity contribution in [3.63, 3.8) is 0 Å². The number of nitriles is 1. The fraction of sp³-hybridized carbons (Fsp3) is 0.0952. The number of anilines is 2. The highest BCUT2D eigenvalue weighted by molar-refractivity contribution is 6.07. The van der Waals surface area contributed by atoms with Crippen molar-refractivity contribution in [2.75, 3.05) is 24.3 Å². The summed E-state index contributed by atoms with van der Waals surface area (Å²) in [5.74, 6) is -1.70. The average Bonchev–Trinajstić information content (AvgIpc) is 2.65. The molecule has 0 aliphatic rings. The van der Waals surface area contributed by atoms with Gasteiger partial charge in [0.15, 0.2) is 0 Å². The molecule has 0 saturated heterocycles. The van der Waals surface area contributed by atoms with Gasteiger partial charge in [0, 0.05) is 25.5 Å². The van der Waals surface area contributed by atoms with Gasteiger partial charge in [0.1, 0.15) is 11.6 Å². The summed E-state index contributed by atoms with van der Waals surface area (Å²) in [5.41, 5.74) is 2.28. The maximum absolute atomic E-state index is 12.2. The van der Waals surface area contributed by atoms with Crippen LogP contribution in [0.15, 0.2) is 66.3 Å². The topological polar surface area (TPSA) is 93.4 Å². The normalized spacial score (nSPS) is 11.1. The fourth-order valence-corrected chi connectivity index (χ4v) is 2.23. The summed E-state index contributed by atoms with van der Waals surface area (Å²) in [7, 11) is 3.91. The SMILES string of the molecule is CN(C)c1ccc(/C=C/C=C(/C#N)C(=O)Nc2cccc(C(=O)O)c2)cc1. The van der Waals surface area contributed by atoms with E-state index in [4.69, 9.17) is 5.11 Å². The van der Waals surface area contributed by atoms with Gasteiger partial charge >= 0.3 is 5.97 Å². The predicted octanol–water partition coefficient (Wildman–Crippen LogP) is 3.55. The number of nitrogens with zero attached hydrogens (tertiary/aromatic N) is 2. The zero-order chi connectivity index (χ0) is 19.8. The van der Waals surface area contributed by atoms with Crippen LogP contribution in [-0.4, -0.2) is 31.1 Å². The molecule has 0 aromatic heterocycles. The van der Waals surface area contributed by atoms with E-state index in [2.05, 4.69) is 5.32 Å². The lowest BCUT2D eigenvalue weighted by molar-refractivity contribution is -0.112. The van der Waals surface area contributed by atoms with E-state index in [0.29, 0.717) is 5.69 Å². The number of hydrogen-bond acceptors (Lipinski definition) is 4. The number of carbonyl (C=O) groups excluding carboxylic acids is 1. The molecule has 0 fully saturated rings. The van der Waals surface area contributed by atoms with Crippen LogP contribution in [0.1, 0.15) is 15.9 Å². The molecule has 136 valence electrons. The van der Waals surface area contributed by atoms with E-state index in [1.54, 1.807) is 18.2 Å². The van der Waals surface area contributed by atoms with Crippen LogP contribution in [0, 0.1) is 11.3 Å². The lowest BCUT2D eigenvalue weighted by atomic mass is 10.1. The first kappa shape index (κ1) is 19.5. The highest BCUT2D eigenvalue weighted by atomic mass is 16.4. The summed E-state index contributed by atoms with van der Waals surface area (Å²) >= 11 is 0. The Balaban J connectivity index is 2.08. The number of carbonyl (C=O) groups is 2. The van der Waals surface area contributed by atoms with Crippen molar-refractivity contribution in [3.05, 3.63) is 77.4 Å². The number of hydrogen-bond donors (Lipinski definition) is 2. The standard InChI is InChI=1S/C21H19N3O3/c1-24(2)19-11-9-15(10-12-19)5-3-7-17(14-22)20(25)23-18-8-4-6-16(13-18)21(26)27/h3-13H,1-2H3,(H,23,25)(H,26,27)/b5-3+,17-7-. The van der Waals surface area contributed by atoms with Gasteiger partial charge in [-0.1, -0.05) is 30.4 Å². The molecule has 2 rings (SSSR count). The van der Waals surface area contributed by atoms with Crippen LogP contribution in [0.2, 0.25) is 0 Å². The van der Waals surface area contributed by atoms with Gasteiger partial charge in [-0.3, -0.25) is 4.79 Å². The van der Waals surface area contributed by atoms with Crippen LogP contribution in [0.4, 0.5) is 11.4 Å². The van der Waals surface area contributed by atoms with Gasteiger partial charge in [-0.15, -0.1) is 0 Å². The molecular weight excluding hydrogens is 342 g/mol. The number of amides is 1. The Kier molecular flexibility index (Phi) is 6.50. The van der Waals surface area contributed by atoms with E-state index in [9.17, 15) is 14.9 Å². The zero-order valence-corrected chi connectivity index (χ0v) is 15.0. The lowest BCUT2D eigenvalue weighted by Gasteiger charge is -2.11. The van der Waals surface area contributed by atoms with Crippen molar-refractivity contribution in [1.29, 1.82) is 5.26 Å². The minimum absolute atomic E-state index is 0.0522. The van der Waals surface area contributed by atoms with Crippen LogP contribution in [0.3, 0.4) is 0 Å². The summed E-state index contributed by atoms with van der Waals surface area (Å²) in [6.07, 6.45) is 4.82. The molecule has 2 aromatic rings. The molecule has 0 aliphatic heterocycles. The van der Waals surface area contributed by atoms with Gasteiger partial charge in [-0.25, -0.2) is 4.79 Å². The van der Waals surface area contributed by atoms with Gasteiger partial charge in [-0.05, 0) is 42.0 Å². The Morgan fingerprint density at radius 2 is 1.85 bits per heavy atom. The number of benzene rings is 2. The van der Waals surface area contributed by atoms with Crippen molar-refractivity contribution in [2.45, 2.75) is 0 Å². The summed E-state index contributed by atoms with van der Waals surface area (Å²) in [4.78, 5) is 25.2. The van der Waals surface area contributed by atoms with Crippen LogP contribution < -0.4 is 10.2 Å². The molecule has 6 nitrogen and oxygen atoms in total. The third-order valence-electron chi connectivity index (χ3n) is 3.69. The predicted molar refractivity (Wildman–Crippen MR) is 106 cm³/mol. The van der Waals surface area contributed by atoms with Crippen LogP contribution >= 0.6 is 0 Å². The summed E-state index contributed by atoms with van der Waals surface area (Å²) in [5, 5.41) is 20.7. The van der Waals surface area contributed by atoms with E-state index < -0.39 is 11.9 Å². The maximum Gasteiger partial charge on any atom is 0.335 e. The quantitative estimate of drug-likeness (QED) is 0.466. The van der Waals surface area contributed by atoms with E-state index in [-0.39, 0.29) is 11.1 Å². The van der Waals surface area contributed by atoms with Crippen LogP contribution in [0.25, 0.3) is 6.08 Å². The Morgan fingerprint density at radius 1 is 1.15 bits per heavy atom. The molecule has 0 atom stereocenters. The minimum atomic E-state index is -1.09. The number of carboxylic acid groups (broad SMARTS) is 1. The number of allylic oxidation sites excluding steroid dienone is 2. The molecule has 0 heterocycles. The average molecular weight is 361 g/mol. The van der Waals surface area contributed by atoms with E-state index in [1.165, 1.54) is 24.3 Å². The molecule has 0 aliphatic carbocycles. The lowest BCUT2D eigenvalue weighted by Crippen LogP contribution is -2.13. The molecule has 0 unspecified atom stereocenters. The maximum atomic E-state index is 12.2. The molecule has 0 spiro atoms. The van der Waals surface area contributed by atoms with Crippen molar-refractivity contribution < 1.29 is 14.7 Å². The van der Waals surface area contributed by atoms with Crippen LogP contribution in [0.5, 0.6) is 0 Å². The van der Waals surface area contributed by atoms with Crippen molar-refractivity contribution in [3.8, 4) is 6.07 Å². The second-order valence-corrected chi connectivity index (χ2v) is 5.88. The molecule has 1 amide bonds. The van der Waals surface area contributed by atoms with E-state index in [1.807, 2.05) is 49.3 Å². The van der Waals surface area contributed by atoms with Gasteiger partial charge < -0.3 is 15.3 Å². The van der Waals surface area contributed by atoms with Gasteiger partial charge in [0.2, 0.25) is 0 Å². The molecular formula is C21H19N3O3. The first-order valence-corrected chi connectivity index (χ1v) is 8.11. The first-order chi connectivity index (χ1) is 12.9. The van der Waals surface area contributed by atoms with E-state index in [0.717, 1.165) is 11.3 Å². The van der Waals surface area contributed by atoms with Crippen molar-refractivity contribution >= 4 is 29.3 Å². The summed E-state index contributed by atoms with van der Waals surface area (Å²) in [6.45, 7) is 0. The highest BCUT2D eigenvalue weighted by Crippen LogP contribution is 2.14. The number of carboxylic acids is 1. The highest BCUT2D eigenvalue weighted by Gasteiger charge is 2.10. The Labute approximate surface area is 157 Å². The summed E-state index contributed by atoms with van der Waals surface area (Å²) < 4.78 is 0. The molecule has 6 heteroatoms. The second kappa shape index (κ2) is 9.02. The third-order valence-corrected chi connectivity index (χ3v) is 3.69. The fourth-order valence-electron chi connectivity index (χ4n) is 2.23. The monoisotopic (exact) mass is 361 g/mol. The molecule has 2 N–H and O–H groups in total. The second-order valence-electron chi connectivity index (χ2n) is 5.88. The number of rotatable bonds is 6. The number of nitrogens with one attached hydrogen (secondary N) is 1. The van der Waals surface area contributed by atoms with E-state index >= 15 is 0 Å². The Bertz CT molecular complexity index is 936. The molecule has 0 saturated carbocycles. The van der Waals surface area contributed by atoms with Gasteiger partial charge in [0.05, 0.1) is 5.56 Å². The summed E-state index contributed by atoms with van der Waals surface area (Å²) in [6, 6.07) is 15.5. The van der Waals surface area contributed by atoms with Crippen molar-refractivity contribution in [1.82, 2.24) is 0 Å². The zero-order valence-electron chi connectivity index (χ0n) is 15.0. The Morgan fingerprint density at radius 3 is 2.44 bits per heavy atom. The smallest absolute Gasteiger partial charge is 0.335 e. The molecule has 0 radical (unpaired) electrons. The minimum Gasteiger partial charge on any atom is -0.478 e. The molecule has 0 bridgehead atoms. The molecule has 27 heavy (non-hydrogen) atoms.